The molecule has 7 nitrogen and oxygen atoms in total. The molecule has 1 aromatic carbocycles. The van der Waals surface area contributed by atoms with Gasteiger partial charge >= 0.3 is 0 Å². The quantitative estimate of drug-likeness (QED) is 0.814. The van der Waals surface area contributed by atoms with Crippen LogP contribution in [0, 0.1) is 0 Å². The number of benzene rings is 1. The zero-order chi connectivity index (χ0) is 17.9. The van der Waals surface area contributed by atoms with E-state index in [0.29, 0.717) is 13.4 Å². The van der Waals surface area contributed by atoms with Crippen LogP contribution in [0.4, 0.5) is 5.82 Å². The van der Waals surface area contributed by atoms with Crippen molar-refractivity contribution < 1.29 is 14.2 Å². The third kappa shape index (κ3) is 3.45. The first kappa shape index (κ1) is 17.1. The van der Waals surface area contributed by atoms with Crippen LogP contribution in [0.5, 0.6) is 11.5 Å². The third-order valence-corrected chi connectivity index (χ3v) is 4.88. The second-order valence-corrected chi connectivity index (χ2v) is 6.54. The first-order valence-corrected chi connectivity index (χ1v) is 8.99. The molecule has 0 radical (unpaired) electrons. The van der Waals surface area contributed by atoms with Gasteiger partial charge in [-0.1, -0.05) is 6.07 Å². The van der Waals surface area contributed by atoms with Gasteiger partial charge in [-0.2, -0.15) is 0 Å². The Hall–Kier alpha value is -2.38. The molecule has 0 unspecified atom stereocenters. The Morgan fingerprint density at radius 3 is 3.00 bits per heavy atom. The summed E-state index contributed by atoms with van der Waals surface area (Å²) in [5.41, 5.74) is 1.18. The van der Waals surface area contributed by atoms with Crippen LogP contribution in [0.15, 0.2) is 30.5 Å². The van der Waals surface area contributed by atoms with Crippen LogP contribution in [0.1, 0.15) is 24.4 Å². The van der Waals surface area contributed by atoms with Crippen molar-refractivity contribution in [2.45, 2.75) is 19.5 Å². The van der Waals surface area contributed by atoms with Crippen LogP contribution in [-0.4, -0.2) is 55.0 Å². The lowest BCUT2D eigenvalue weighted by molar-refractivity contribution is -0.0159. The molecule has 138 valence electrons. The number of nitrogens with zero attached hydrogens (tertiary/aromatic N) is 4. The number of fused-ring (bicyclic) bond motifs is 1. The molecule has 3 heterocycles. The maximum absolute atomic E-state index is 5.73. The van der Waals surface area contributed by atoms with Crippen LogP contribution in [-0.2, 0) is 11.3 Å². The zero-order valence-electron chi connectivity index (χ0n) is 15.2. The number of morpholine rings is 1. The number of hydrogen-bond acceptors (Lipinski definition) is 7. The molecule has 2 aliphatic heterocycles. The molecule has 1 fully saturated rings. The standard InChI is InChI=1S/C19H24N4O3/c1-3-22(2)18-6-7-20-19(21-18)15-12-24-9-8-23(15)11-14-4-5-16-17(10-14)26-13-25-16/h4-7,10,15H,3,8-9,11-13H2,1-2H3/t15-/m0/s1. The Balaban J connectivity index is 1.55. The van der Waals surface area contributed by atoms with Crippen molar-refractivity contribution in [3.05, 3.63) is 41.9 Å². The van der Waals surface area contributed by atoms with Crippen LogP contribution >= 0.6 is 0 Å². The summed E-state index contributed by atoms with van der Waals surface area (Å²) in [5.74, 6) is 3.37. The van der Waals surface area contributed by atoms with Gasteiger partial charge in [0.2, 0.25) is 6.79 Å². The SMILES string of the molecule is CCN(C)c1ccnc([C@@H]2COCCN2Cc2ccc3c(c2)OCO3)n1. The van der Waals surface area contributed by atoms with E-state index < -0.39 is 0 Å². The Kier molecular flexibility index (Phi) is 4.90. The highest BCUT2D eigenvalue weighted by Gasteiger charge is 2.28. The van der Waals surface area contributed by atoms with Crippen molar-refractivity contribution in [2.24, 2.45) is 0 Å². The van der Waals surface area contributed by atoms with Crippen molar-refractivity contribution in [3.8, 4) is 11.5 Å². The molecule has 1 atom stereocenters. The van der Waals surface area contributed by atoms with Gasteiger partial charge in [0.25, 0.3) is 0 Å². The van der Waals surface area contributed by atoms with Crippen LogP contribution < -0.4 is 14.4 Å². The first-order chi connectivity index (χ1) is 12.7. The van der Waals surface area contributed by atoms with Crippen LogP contribution in [0.25, 0.3) is 0 Å². The van der Waals surface area contributed by atoms with Gasteiger partial charge in [-0.15, -0.1) is 0 Å². The van der Waals surface area contributed by atoms with Crippen molar-refractivity contribution in [1.82, 2.24) is 14.9 Å². The lowest BCUT2D eigenvalue weighted by Crippen LogP contribution is -2.40. The summed E-state index contributed by atoms with van der Waals surface area (Å²) in [6.45, 7) is 6.26. The molecule has 0 saturated carbocycles. The normalized spacial score (nSPS) is 19.5. The summed E-state index contributed by atoms with van der Waals surface area (Å²) in [6.07, 6.45) is 1.83. The molecule has 0 aliphatic carbocycles. The van der Waals surface area contributed by atoms with Crippen molar-refractivity contribution in [2.75, 3.05) is 45.0 Å². The maximum atomic E-state index is 5.73. The van der Waals surface area contributed by atoms with E-state index in [1.54, 1.807) is 0 Å². The van der Waals surface area contributed by atoms with Gasteiger partial charge in [-0.05, 0) is 30.7 Å². The second kappa shape index (κ2) is 7.47. The van der Waals surface area contributed by atoms with Gasteiger partial charge in [0.05, 0.1) is 19.3 Å². The average Bonchev–Trinajstić information content (AvgIpc) is 3.16. The lowest BCUT2D eigenvalue weighted by Gasteiger charge is -2.34. The molecule has 0 spiro atoms. The molecule has 2 aliphatic rings. The Morgan fingerprint density at radius 1 is 1.23 bits per heavy atom. The minimum absolute atomic E-state index is 0.0411. The molecule has 1 saturated heterocycles. The fourth-order valence-electron chi connectivity index (χ4n) is 3.24. The molecule has 0 bridgehead atoms. The minimum atomic E-state index is 0.0411. The number of aromatic nitrogens is 2. The summed E-state index contributed by atoms with van der Waals surface area (Å²) in [7, 11) is 2.04. The van der Waals surface area contributed by atoms with E-state index in [4.69, 9.17) is 19.2 Å². The van der Waals surface area contributed by atoms with Gasteiger partial charge in [0, 0.05) is 32.9 Å². The Bertz CT molecular complexity index is 770. The summed E-state index contributed by atoms with van der Waals surface area (Å²) >= 11 is 0. The fourth-order valence-corrected chi connectivity index (χ4v) is 3.24. The highest BCUT2D eigenvalue weighted by molar-refractivity contribution is 5.44. The number of rotatable bonds is 5. The van der Waals surface area contributed by atoms with Gasteiger partial charge in [-0.3, -0.25) is 4.90 Å². The van der Waals surface area contributed by atoms with E-state index in [1.807, 2.05) is 25.4 Å². The van der Waals surface area contributed by atoms with Gasteiger partial charge in [-0.25, -0.2) is 9.97 Å². The Morgan fingerprint density at radius 2 is 2.12 bits per heavy atom. The van der Waals surface area contributed by atoms with Crippen LogP contribution in [0.2, 0.25) is 0 Å². The first-order valence-electron chi connectivity index (χ1n) is 8.99. The smallest absolute Gasteiger partial charge is 0.231 e. The monoisotopic (exact) mass is 356 g/mol. The highest BCUT2D eigenvalue weighted by Crippen LogP contribution is 2.34. The molecule has 7 heteroatoms. The molecule has 0 amide bonds. The van der Waals surface area contributed by atoms with Gasteiger partial charge < -0.3 is 19.1 Å². The fraction of sp³-hybridized carbons (Fsp3) is 0.474. The van der Waals surface area contributed by atoms with E-state index >= 15 is 0 Å². The van der Waals surface area contributed by atoms with Crippen LogP contribution in [0.3, 0.4) is 0 Å². The average molecular weight is 356 g/mol. The third-order valence-electron chi connectivity index (χ3n) is 4.88. The largest absolute Gasteiger partial charge is 0.454 e. The molecular weight excluding hydrogens is 332 g/mol. The molecule has 0 N–H and O–H groups in total. The summed E-state index contributed by atoms with van der Waals surface area (Å²) in [6, 6.07) is 8.10. The van der Waals surface area contributed by atoms with E-state index in [0.717, 1.165) is 49.4 Å². The van der Waals surface area contributed by atoms with E-state index in [9.17, 15) is 0 Å². The van der Waals surface area contributed by atoms with E-state index in [1.165, 1.54) is 5.56 Å². The topological polar surface area (TPSA) is 60.0 Å². The summed E-state index contributed by atoms with van der Waals surface area (Å²) in [4.78, 5) is 13.8. The van der Waals surface area contributed by atoms with Crippen molar-refractivity contribution in [1.29, 1.82) is 0 Å². The summed E-state index contributed by atoms with van der Waals surface area (Å²) in [5, 5.41) is 0. The van der Waals surface area contributed by atoms with Crippen molar-refractivity contribution in [3.63, 3.8) is 0 Å². The predicted octanol–water partition coefficient (Wildman–Crippen LogP) is 2.23. The minimum Gasteiger partial charge on any atom is -0.454 e. The van der Waals surface area contributed by atoms with E-state index in [2.05, 4.69) is 33.8 Å². The van der Waals surface area contributed by atoms with Gasteiger partial charge in [0.1, 0.15) is 11.6 Å². The summed E-state index contributed by atoms with van der Waals surface area (Å²) < 4.78 is 16.6. The molecular formula is C19H24N4O3. The molecule has 26 heavy (non-hydrogen) atoms. The lowest BCUT2D eigenvalue weighted by atomic mass is 10.1. The van der Waals surface area contributed by atoms with Gasteiger partial charge in [0.15, 0.2) is 11.5 Å². The Labute approximate surface area is 153 Å². The molecule has 4 rings (SSSR count). The number of hydrogen-bond donors (Lipinski definition) is 0. The molecule has 1 aromatic heterocycles. The highest BCUT2D eigenvalue weighted by atomic mass is 16.7. The predicted molar refractivity (Wildman–Crippen MR) is 97.5 cm³/mol. The maximum Gasteiger partial charge on any atom is 0.231 e. The van der Waals surface area contributed by atoms with Crippen molar-refractivity contribution >= 4 is 5.82 Å². The zero-order valence-corrected chi connectivity index (χ0v) is 15.2. The van der Waals surface area contributed by atoms with E-state index in [-0.39, 0.29) is 6.04 Å². The molecule has 2 aromatic rings. The number of anilines is 1. The number of ether oxygens (including phenoxy) is 3. The second-order valence-electron chi connectivity index (χ2n) is 6.54.